The summed E-state index contributed by atoms with van der Waals surface area (Å²) < 4.78 is 18.0. The van der Waals surface area contributed by atoms with Crippen LogP contribution in [-0.2, 0) is 25.1 Å². The largest absolute Gasteiger partial charge is 0.369 e. The molecule has 228 valence electrons. The Balaban J connectivity index is 0.00000200. The Morgan fingerprint density at radius 2 is 1.60 bits per heavy atom. The summed E-state index contributed by atoms with van der Waals surface area (Å²) in [5.74, 6) is -0.679. The van der Waals surface area contributed by atoms with Gasteiger partial charge in [-0.2, -0.15) is 54.0 Å². The number of hydrogen-bond donors (Lipinski definition) is 1. The van der Waals surface area contributed by atoms with Crippen LogP contribution in [0.1, 0.15) is 36.0 Å². The van der Waals surface area contributed by atoms with Crippen molar-refractivity contribution in [2.45, 2.75) is 49.1 Å². The molecule has 1 saturated carbocycles. The molecular formula is C26H44N4O5S5. The zero-order valence-corrected chi connectivity index (χ0v) is 27.9. The van der Waals surface area contributed by atoms with Gasteiger partial charge in [0.1, 0.15) is 24.8 Å². The van der Waals surface area contributed by atoms with Crippen molar-refractivity contribution >= 4 is 88.1 Å². The van der Waals surface area contributed by atoms with Crippen molar-refractivity contribution in [2.75, 3.05) is 57.5 Å². The molecule has 1 N–H and O–H groups in total. The van der Waals surface area contributed by atoms with Crippen LogP contribution in [0.4, 0.5) is 5.69 Å². The molecule has 0 radical (unpaired) electrons. The van der Waals surface area contributed by atoms with E-state index in [4.69, 9.17) is 4.74 Å². The topological polar surface area (TPSA) is 99.3 Å². The summed E-state index contributed by atoms with van der Waals surface area (Å²) in [6.45, 7) is 4.06. The fraction of sp³-hybridized carbons (Fsp3) is 0.654. The molecule has 5 atom stereocenters. The van der Waals surface area contributed by atoms with Gasteiger partial charge in [-0.25, -0.2) is 0 Å². The first-order chi connectivity index (χ1) is 17.3. The quantitative estimate of drug-likeness (QED) is 0.492. The van der Waals surface area contributed by atoms with E-state index in [-0.39, 0.29) is 90.6 Å². The number of piperazine rings is 1. The fourth-order valence-electron chi connectivity index (χ4n) is 6.10. The third-order valence-corrected chi connectivity index (χ3v) is 9.54. The number of likely N-dealkylation sites (tertiary alicyclic amines) is 1. The van der Waals surface area contributed by atoms with Crippen LogP contribution in [0.3, 0.4) is 0 Å². The molecule has 4 aliphatic rings. The molecule has 1 aromatic rings. The van der Waals surface area contributed by atoms with Gasteiger partial charge in [-0.3, -0.25) is 18.6 Å². The number of ether oxygens (including phenoxy) is 1. The van der Waals surface area contributed by atoms with Crippen LogP contribution >= 0.6 is 54.0 Å². The lowest BCUT2D eigenvalue weighted by Gasteiger charge is -2.34. The van der Waals surface area contributed by atoms with Gasteiger partial charge < -0.3 is 24.8 Å². The predicted molar refractivity (Wildman–Crippen MR) is 179 cm³/mol. The molecule has 2 amide bonds. The van der Waals surface area contributed by atoms with Gasteiger partial charge >= 0.3 is 0 Å². The first-order valence-corrected chi connectivity index (χ1v) is 14.6. The Kier molecular flexibility index (Phi) is 14.9. The smallest absolute Gasteiger partial charge is 0.251 e. The standard InChI is InChI=1S/C26H36N4O5S.4H2S/c1-28-11-13-29(14-12-28)19-9-7-18(8-10-19)25(32)27-22(17-5-3-4-6-17)26(33)30-15-21(36(2)34)24-23(30)20(31)16-35-24;;;;/h7-10,17,21-24H,3-6,11-16H2,1-2H3,(H,27,32);4*1H2/t21-,22-,23+,24+,36?;;;;/m0..../s1. The van der Waals surface area contributed by atoms with E-state index in [0.29, 0.717) is 5.56 Å². The number of benzene rings is 1. The molecule has 5 rings (SSSR count). The average Bonchev–Trinajstić information content (AvgIpc) is 3.62. The van der Waals surface area contributed by atoms with Gasteiger partial charge in [-0.05, 0) is 50.1 Å². The Morgan fingerprint density at radius 1 is 1.00 bits per heavy atom. The molecule has 3 heterocycles. The first kappa shape index (κ1) is 37.1. The maximum atomic E-state index is 13.8. The van der Waals surface area contributed by atoms with Gasteiger partial charge in [-0.15, -0.1) is 0 Å². The number of likely N-dealkylation sites (N-methyl/N-ethyl adjacent to an activating group) is 1. The first-order valence-electron chi connectivity index (χ1n) is 12.9. The number of anilines is 1. The summed E-state index contributed by atoms with van der Waals surface area (Å²) in [7, 11) is 0.887. The molecule has 4 fully saturated rings. The maximum Gasteiger partial charge on any atom is 0.251 e. The average molecular weight is 653 g/mol. The lowest BCUT2D eigenvalue weighted by Crippen LogP contribution is -2.54. The van der Waals surface area contributed by atoms with Crippen molar-refractivity contribution in [3.8, 4) is 0 Å². The van der Waals surface area contributed by atoms with Crippen molar-refractivity contribution in [1.29, 1.82) is 0 Å². The zero-order valence-electron chi connectivity index (χ0n) is 23.1. The van der Waals surface area contributed by atoms with Gasteiger partial charge in [0.2, 0.25) is 5.91 Å². The fourth-order valence-corrected chi connectivity index (χ4v) is 7.07. The molecular weight excluding hydrogens is 609 g/mol. The Morgan fingerprint density at radius 3 is 2.17 bits per heavy atom. The van der Waals surface area contributed by atoms with E-state index in [9.17, 15) is 18.6 Å². The summed E-state index contributed by atoms with van der Waals surface area (Å²) >= 11 is 0. The van der Waals surface area contributed by atoms with Crippen LogP contribution in [-0.4, -0.2) is 108 Å². The minimum atomic E-state index is -1.23. The van der Waals surface area contributed by atoms with Crippen molar-refractivity contribution in [1.82, 2.24) is 15.1 Å². The number of rotatable bonds is 6. The highest BCUT2D eigenvalue weighted by Gasteiger charge is 2.55. The van der Waals surface area contributed by atoms with E-state index in [1.165, 1.54) is 4.90 Å². The van der Waals surface area contributed by atoms with E-state index in [1.807, 2.05) is 24.3 Å². The third kappa shape index (κ3) is 7.73. The molecule has 0 bridgehead atoms. The van der Waals surface area contributed by atoms with E-state index in [1.54, 1.807) is 6.26 Å². The molecule has 3 aliphatic heterocycles. The number of Topliss-reactive ketones (excluding diaryl/α,β-unsaturated/α-hetero) is 1. The second kappa shape index (κ2) is 16.1. The van der Waals surface area contributed by atoms with Crippen LogP contribution < -0.4 is 10.2 Å². The number of carbonyl (C=O) groups excluding carboxylic acids is 3. The van der Waals surface area contributed by atoms with Gasteiger partial charge in [0, 0.05) is 61.0 Å². The van der Waals surface area contributed by atoms with Gasteiger partial charge in [-0.1, -0.05) is 12.8 Å². The lowest BCUT2D eigenvalue weighted by molar-refractivity contribution is -0.139. The van der Waals surface area contributed by atoms with Crippen molar-refractivity contribution in [2.24, 2.45) is 5.92 Å². The van der Waals surface area contributed by atoms with Crippen molar-refractivity contribution < 1.29 is 23.3 Å². The van der Waals surface area contributed by atoms with Gasteiger partial charge in [0.05, 0.1) is 5.25 Å². The summed E-state index contributed by atoms with van der Waals surface area (Å²) in [5, 5.41) is 2.62. The van der Waals surface area contributed by atoms with E-state index in [0.717, 1.165) is 57.5 Å². The molecule has 14 heteroatoms. The number of ketones is 1. The van der Waals surface area contributed by atoms with Crippen LogP contribution in [0, 0.1) is 5.92 Å². The number of fused-ring (bicyclic) bond motifs is 1. The highest BCUT2D eigenvalue weighted by Crippen LogP contribution is 2.34. The summed E-state index contributed by atoms with van der Waals surface area (Å²) in [4.78, 5) is 45.9. The molecule has 40 heavy (non-hydrogen) atoms. The van der Waals surface area contributed by atoms with Crippen LogP contribution in [0.25, 0.3) is 0 Å². The van der Waals surface area contributed by atoms with Crippen molar-refractivity contribution in [3.05, 3.63) is 29.8 Å². The summed E-state index contributed by atoms with van der Waals surface area (Å²) in [6, 6.07) is 6.14. The number of carbonyl (C=O) groups is 3. The number of nitrogens with one attached hydrogen (secondary N) is 1. The molecule has 3 saturated heterocycles. The normalized spacial score (nSPS) is 25.9. The van der Waals surface area contributed by atoms with Crippen LogP contribution in [0.2, 0.25) is 0 Å². The number of hydrogen-bond acceptors (Lipinski definition) is 7. The van der Waals surface area contributed by atoms with E-state index in [2.05, 4.69) is 22.2 Å². The Labute approximate surface area is 267 Å². The summed E-state index contributed by atoms with van der Waals surface area (Å²) in [5.41, 5.74) is 1.60. The third-order valence-electron chi connectivity index (χ3n) is 8.27. The van der Waals surface area contributed by atoms with E-state index >= 15 is 0 Å². The van der Waals surface area contributed by atoms with Crippen LogP contribution in [0.15, 0.2) is 24.3 Å². The predicted octanol–water partition coefficient (Wildman–Crippen LogP) is 1.10. The number of amides is 2. The Bertz CT molecular complexity index is 1030. The second-order valence-corrected chi connectivity index (χ2v) is 12.1. The van der Waals surface area contributed by atoms with E-state index < -0.39 is 34.2 Å². The zero-order chi connectivity index (χ0) is 25.4. The van der Waals surface area contributed by atoms with Crippen LogP contribution in [0.5, 0.6) is 0 Å². The molecule has 1 aliphatic carbocycles. The second-order valence-electron chi connectivity index (χ2n) is 10.5. The lowest BCUT2D eigenvalue weighted by atomic mass is 9.95. The molecule has 1 aromatic carbocycles. The van der Waals surface area contributed by atoms with Gasteiger partial charge in [0.25, 0.3) is 5.91 Å². The maximum absolute atomic E-state index is 13.8. The molecule has 0 aromatic heterocycles. The Hall–Kier alpha value is -0.900. The molecule has 1 unspecified atom stereocenters. The van der Waals surface area contributed by atoms with Crippen molar-refractivity contribution in [3.63, 3.8) is 0 Å². The minimum Gasteiger partial charge on any atom is -0.369 e. The van der Waals surface area contributed by atoms with Gasteiger partial charge in [0.15, 0.2) is 5.78 Å². The highest BCUT2D eigenvalue weighted by molar-refractivity contribution is 7.85. The monoisotopic (exact) mass is 652 g/mol. The molecule has 9 nitrogen and oxygen atoms in total. The SMILES string of the molecule is CN1CCN(c2ccc(C(=O)N[C@H](C(=O)N3C[C@H](S(C)=O)[C@H]4OCC(=O)[C@H]43)C3CCCC3)cc2)CC1.S.S.S.S. The minimum absolute atomic E-state index is 0. The molecule has 0 spiro atoms. The summed E-state index contributed by atoms with van der Waals surface area (Å²) in [6.07, 6.45) is 4.79. The highest BCUT2D eigenvalue weighted by atomic mass is 32.2. The number of nitrogens with zero attached hydrogens (tertiary/aromatic N) is 3.